The van der Waals surface area contributed by atoms with Crippen molar-refractivity contribution < 1.29 is 9.53 Å². The van der Waals surface area contributed by atoms with Crippen LogP contribution >= 0.6 is 23.4 Å². The number of nitrogens with zero attached hydrogens (tertiary/aromatic N) is 3. The van der Waals surface area contributed by atoms with Gasteiger partial charge in [-0.15, -0.1) is 5.10 Å². The third kappa shape index (κ3) is 5.13. The molecule has 1 saturated heterocycles. The Morgan fingerprint density at radius 2 is 1.87 bits per heavy atom. The van der Waals surface area contributed by atoms with Crippen molar-refractivity contribution in [3.05, 3.63) is 53.6 Å². The number of thioether (sulfide) groups is 1. The maximum atomic E-state index is 12.6. The zero-order chi connectivity index (χ0) is 20.9. The minimum absolute atomic E-state index is 0.100. The number of morpholine rings is 1. The van der Waals surface area contributed by atoms with E-state index in [0.29, 0.717) is 16.0 Å². The first-order valence-corrected chi connectivity index (χ1v) is 10.9. The quantitative estimate of drug-likeness (QED) is 0.558. The van der Waals surface area contributed by atoms with Crippen molar-refractivity contribution in [1.82, 2.24) is 15.2 Å². The van der Waals surface area contributed by atoms with E-state index < -0.39 is 0 Å². The molecule has 0 radical (unpaired) electrons. The van der Waals surface area contributed by atoms with E-state index in [1.165, 1.54) is 11.8 Å². The number of anilines is 2. The van der Waals surface area contributed by atoms with Gasteiger partial charge in [0.2, 0.25) is 11.1 Å². The van der Waals surface area contributed by atoms with Gasteiger partial charge in [0.1, 0.15) is 0 Å². The van der Waals surface area contributed by atoms with Crippen molar-refractivity contribution in [2.24, 2.45) is 0 Å². The van der Waals surface area contributed by atoms with Gasteiger partial charge in [-0.1, -0.05) is 23.4 Å². The molecule has 0 aliphatic carbocycles. The molecule has 156 valence electrons. The van der Waals surface area contributed by atoms with Gasteiger partial charge in [0.05, 0.1) is 18.5 Å². The molecule has 7 nitrogen and oxygen atoms in total. The zero-order valence-electron chi connectivity index (χ0n) is 16.5. The number of H-pyrrole nitrogens is 1. The Balaban J connectivity index is 1.33. The van der Waals surface area contributed by atoms with Gasteiger partial charge >= 0.3 is 0 Å². The maximum Gasteiger partial charge on any atom is 0.237 e. The Morgan fingerprint density at radius 3 is 2.57 bits per heavy atom. The summed E-state index contributed by atoms with van der Waals surface area (Å²) in [6.07, 6.45) is 0. The second kappa shape index (κ2) is 9.51. The van der Waals surface area contributed by atoms with Crippen LogP contribution in [0.1, 0.15) is 6.92 Å². The first-order chi connectivity index (χ1) is 14.6. The zero-order valence-corrected chi connectivity index (χ0v) is 18.0. The van der Waals surface area contributed by atoms with E-state index in [2.05, 4.69) is 25.4 Å². The fraction of sp³-hybridized carbons (Fsp3) is 0.286. The molecule has 1 amide bonds. The lowest BCUT2D eigenvalue weighted by molar-refractivity contribution is -0.115. The van der Waals surface area contributed by atoms with Crippen LogP contribution in [0.15, 0.2) is 53.7 Å². The highest BCUT2D eigenvalue weighted by Gasteiger charge is 2.18. The Hall–Kier alpha value is -2.55. The highest BCUT2D eigenvalue weighted by Crippen LogP contribution is 2.25. The van der Waals surface area contributed by atoms with Crippen LogP contribution in [0.5, 0.6) is 0 Å². The number of aromatic nitrogens is 3. The molecule has 2 aromatic carbocycles. The average Bonchev–Trinajstić information content (AvgIpc) is 3.24. The largest absolute Gasteiger partial charge is 0.378 e. The Kier molecular flexibility index (Phi) is 6.56. The number of carbonyl (C=O) groups is 1. The number of rotatable bonds is 6. The normalized spacial score (nSPS) is 15.1. The molecule has 9 heteroatoms. The molecule has 1 atom stereocenters. The molecule has 0 spiro atoms. The van der Waals surface area contributed by atoms with Crippen molar-refractivity contribution in [3.8, 4) is 11.4 Å². The molecular formula is C21H22ClN5O2S. The predicted molar refractivity (Wildman–Crippen MR) is 120 cm³/mol. The number of hydrogen-bond acceptors (Lipinski definition) is 6. The Bertz CT molecular complexity index is 987. The fourth-order valence-corrected chi connectivity index (χ4v) is 3.92. The monoisotopic (exact) mass is 443 g/mol. The number of amides is 1. The molecule has 0 bridgehead atoms. The van der Waals surface area contributed by atoms with Crippen LogP contribution < -0.4 is 10.2 Å². The Labute approximate surface area is 184 Å². The van der Waals surface area contributed by atoms with E-state index in [9.17, 15) is 4.79 Å². The summed E-state index contributed by atoms with van der Waals surface area (Å²) in [4.78, 5) is 19.3. The molecule has 2 heterocycles. The van der Waals surface area contributed by atoms with Gasteiger partial charge in [-0.2, -0.15) is 0 Å². The van der Waals surface area contributed by atoms with Gasteiger partial charge in [-0.25, -0.2) is 4.98 Å². The molecule has 1 aliphatic rings. The second-order valence-electron chi connectivity index (χ2n) is 6.87. The van der Waals surface area contributed by atoms with Crippen molar-refractivity contribution in [1.29, 1.82) is 0 Å². The van der Waals surface area contributed by atoms with Crippen LogP contribution in [0.2, 0.25) is 5.02 Å². The molecule has 1 unspecified atom stereocenters. The van der Waals surface area contributed by atoms with Crippen molar-refractivity contribution in [2.45, 2.75) is 17.3 Å². The van der Waals surface area contributed by atoms with Gasteiger partial charge in [0, 0.05) is 35.1 Å². The van der Waals surface area contributed by atoms with E-state index >= 15 is 0 Å². The number of hydrogen-bond donors (Lipinski definition) is 2. The highest BCUT2D eigenvalue weighted by atomic mass is 35.5. The summed E-state index contributed by atoms with van der Waals surface area (Å²) in [5.74, 6) is 0.539. The van der Waals surface area contributed by atoms with Gasteiger partial charge < -0.3 is 15.0 Å². The summed E-state index contributed by atoms with van der Waals surface area (Å²) in [5, 5.41) is 10.9. The van der Waals surface area contributed by atoms with Gasteiger partial charge in [0.25, 0.3) is 0 Å². The minimum atomic E-state index is -0.349. The van der Waals surface area contributed by atoms with E-state index in [4.69, 9.17) is 16.3 Å². The number of halogens is 1. The fourth-order valence-electron chi connectivity index (χ4n) is 3.07. The molecule has 4 rings (SSSR count). The second-order valence-corrected chi connectivity index (χ2v) is 8.61. The van der Waals surface area contributed by atoms with E-state index in [0.717, 1.165) is 43.2 Å². The molecule has 0 saturated carbocycles. The summed E-state index contributed by atoms with van der Waals surface area (Å²) < 4.78 is 5.39. The van der Waals surface area contributed by atoms with Gasteiger partial charge in [-0.3, -0.25) is 9.89 Å². The molecule has 3 aromatic rings. The number of benzene rings is 2. The van der Waals surface area contributed by atoms with Crippen molar-refractivity contribution >= 4 is 40.6 Å². The lowest BCUT2D eigenvalue weighted by Gasteiger charge is -2.28. The summed E-state index contributed by atoms with van der Waals surface area (Å²) in [6, 6.07) is 15.2. The lowest BCUT2D eigenvalue weighted by atomic mass is 10.2. The molecule has 2 N–H and O–H groups in total. The summed E-state index contributed by atoms with van der Waals surface area (Å²) >= 11 is 7.22. The molecule has 1 aromatic heterocycles. The summed E-state index contributed by atoms with van der Waals surface area (Å²) in [5.41, 5.74) is 2.78. The van der Waals surface area contributed by atoms with E-state index in [1.807, 2.05) is 43.3 Å². The van der Waals surface area contributed by atoms with Crippen LogP contribution in [0.4, 0.5) is 11.4 Å². The SMILES string of the molecule is CC(Sc1n[nH]c(-c2ccc(Cl)cc2)n1)C(=O)Nc1ccc(N2CCOCC2)cc1. The summed E-state index contributed by atoms with van der Waals surface area (Å²) in [6.45, 7) is 5.09. The number of ether oxygens (including phenoxy) is 1. The third-order valence-corrected chi connectivity index (χ3v) is 5.96. The average molecular weight is 444 g/mol. The molecule has 1 fully saturated rings. The van der Waals surface area contributed by atoms with Crippen LogP contribution in [0, 0.1) is 0 Å². The highest BCUT2D eigenvalue weighted by molar-refractivity contribution is 8.00. The molecular weight excluding hydrogens is 422 g/mol. The van der Waals surface area contributed by atoms with Crippen LogP contribution in [0.25, 0.3) is 11.4 Å². The maximum absolute atomic E-state index is 12.6. The molecule has 1 aliphatic heterocycles. The van der Waals surface area contributed by atoms with Crippen molar-refractivity contribution in [2.75, 3.05) is 36.5 Å². The summed E-state index contributed by atoms with van der Waals surface area (Å²) in [7, 11) is 0. The first kappa shape index (κ1) is 20.7. The minimum Gasteiger partial charge on any atom is -0.378 e. The first-order valence-electron chi connectivity index (χ1n) is 9.67. The van der Waals surface area contributed by atoms with Crippen molar-refractivity contribution in [3.63, 3.8) is 0 Å². The van der Waals surface area contributed by atoms with Gasteiger partial charge in [0.15, 0.2) is 5.82 Å². The number of nitrogens with one attached hydrogen (secondary N) is 2. The topological polar surface area (TPSA) is 83.1 Å². The van der Waals surface area contributed by atoms with E-state index in [1.54, 1.807) is 12.1 Å². The van der Waals surface area contributed by atoms with Crippen LogP contribution in [0.3, 0.4) is 0 Å². The number of carbonyl (C=O) groups excluding carboxylic acids is 1. The van der Waals surface area contributed by atoms with E-state index in [-0.39, 0.29) is 11.2 Å². The predicted octanol–water partition coefficient (Wildman–Crippen LogP) is 4.08. The smallest absolute Gasteiger partial charge is 0.237 e. The van der Waals surface area contributed by atoms with Crippen LogP contribution in [-0.4, -0.2) is 52.6 Å². The standard InChI is InChI=1S/C21H22ClN5O2S/c1-14(30-21-24-19(25-26-21)15-2-4-16(22)5-3-15)20(28)23-17-6-8-18(9-7-17)27-10-12-29-13-11-27/h2-9,14H,10-13H2,1H3,(H,23,28)(H,24,25,26). The van der Waals surface area contributed by atoms with Gasteiger partial charge in [-0.05, 0) is 55.5 Å². The lowest BCUT2D eigenvalue weighted by Crippen LogP contribution is -2.36. The van der Waals surface area contributed by atoms with Crippen LogP contribution in [-0.2, 0) is 9.53 Å². The third-order valence-electron chi connectivity index (χ3n) is 4.75. The Morgan fingerprint density at radius 1 is 1.17 bits per heavy atom. The molecule has 30 heavy (non-hydrogen) atoms. The number of aromatic amines is 1.